The maximum absolute atomic E-state index is 12.0. The van der Waals surface area contributed by atoms with Gasteiger partial charge in [0.2, 0.25) is 0 Å². The van der Waals surface area contributed by atoms with Gasteiger partial charge in [-0.2, -0.15) is 0 Å². The predicted molar refractivity (Wildman–Crippen MR) is 77.8 cm³/mol. The van der Waals surface area contributed by atoms with Crippen LogP contribution < -0.4 is 0 Å². The molecule has 0 saturated heterocycles. The van der Waals surface area contributed by atoms with Crippen LogP contribution in [0.5, 0.6) is 0 Å². The van der Waals surface area contributed by atoms with E-state index >= 15 is 0 Å². The van der Waals surface area contributed by atoms with E-state index in [1.807, 2.05) is 0 Å². The van der Waals surface area contributed by atoms with Crippen LogP contribution in [-0.4, -0.2) is 17.5 Å². The van der Waals surface area contributed by atoms with Crippen LogP contribution in [0.1, 0.15) is 65.7 Å². The van der Waals surface area contributed by atoms with Gasteiger partial charge in [0.25, 0.3) is 0 Å². The van der Waals surface area contributed by atoms with E-state index in [1.54, 1.807) is 0 Å². The molecule has 1 N–H and O–H groups in total. The van der Waals surface area contributed by atoms with Crippen LogP contribution in [0.4, 0.5) is 0 Å². The number of carbonyl (C=O) groups is 1. The Balaban J connectivity index is 2.07. The van der Waals surface area contributed by atoms with Crippen molar-refractivity contribution in [3.63, 3.8) is 0 Å². The fourth-order valence-electron chi connectivity index (χ4n) is 5.08. The molecule has 4 atom stereocenters. The molecule has 0 aromatic carbocycles. The van der Waals surface area contributed by atoms with Gasteiger partial charge in [0, 0.05) is 5.92 Å². The molecule has 2 heteroatoms. The molecule has 0 amide bonds. The highest BCUT2D eigenvalue weighted by Gasteiger charge is 2.51. The molecule has 19 heavy (non-hydrogen) atoms. The Hall–Kier alpha value is -0.370. The monoisotopic (exact) mass is 266 g/mol. The quantitative estimate of drug-likeness (QED) is 0.821. The van der Waals surface area contributed by atoms with Crippen molar-refractivity contribution in [1.29, 1.82) is 0 Å². The lowest BCUT2D eigenvalue weighted by atomic mass is 9.60. The van der Waals surface area contributed by atoms with Crippen molar-refractivity contribution in [2.75, 3.05) is 6.61 Å². The summed E-state index contributed by atoms with van der Waals surface area (Å²) >= 11 is 0. The number of hydrogen-bond acceptors (Lipinski definition) is 2. The van der Waals surface area contributed by atoms with Crippen LogP contribution in [0, 0.1) is 29.1 Å². The summed E-state index contributed by atoms with van der Waals surface area (Å²) in [6.07, 6.45) is 8.59. The highest BCUT2D eigenvalue weighted by atomic mass is 16.3. The molecule has 2 saturated carbocycles. The fraction of sp³-hybridized carbons (Fsp3) is 0.941. The summed E-state index contributed by atoms with van der Waals surface area (Å²) in [6, 6.07) is 0. The molecule has 2 fully saturated rings. The Morgan fingerprint density at radius 1 is 1.26 bits per heavy atom. The lowest BCUT2D eigenvalue weighted by Gasteiger charge is -2.45. The maximum atomic E-state index is 12.0. The lowest BCUT2D eigenvalue weighted by Crippen LogP contribution is -2.40. The standard InChI is InChI=1S/C17H30O2/c1-4-12(5-2)13-8-9-17(3)14(10-13)6-7-15(17)16(19)11-18/h12-15,18H,4-11H2,1-3H3/t13?,14?,15?,17-/m0/s1. The van der Waals surface area contributed by atoms with Gasteiger partial charge in [-0.25, -0.2) is 0 Å². The summed E-state index contributed by atoms with van der Waals surface area (Å²) in [6.45, 7) is 6.68. The highest BCUT2D eigenvalue weighted by Crippen LogP contribution is 2.58. The average molecular weight is 266 g/mol. The molecule has 0 bridgehead atoms. The smallest absolute Gasteiger partial charge is 0.161 e. The van der Waals surface area contributed by atoms with E-state index in [-0.39, 0.29) is 23.7 Å². The molecular weight excluding hydrogens is 236 g/mol. The maximum Gasteiger partial charge on any atom is 0.161 e. The largest absolute Gasteiger partial charge is 0.389 e. The number of aliphatic hydroxyl groups excluding tert-OH is 1. The molecule has 3 unspecified atom stereocenters. The highest BCUT2D eigenvalue weighted by molar-refractivity contribution is 5.83. The average Bonchev–Trinajstić information content (AvgIpc) is 2.76. The Labute approximate surface area is 118 Å². The third-order valence-electron chi connectivity index (χ3n) is 6.43. The minimum Gasteiger partial charge on any atom is -0.389 e. The van der Waals surface area contributed by atoms with Gasteiger partial charge in [-0.3, -0.25) is 4.79 Å². The number of fused-ring (bicyclic) bond motifs is 1. The first-order chi connectivity index (χ1) is 9.06. The van der Waals surface area contributed by atoms with Crippen LogP contribution >= 0.6 is 0 Å². The Bertz CT molecular complexity index is 321. The number of Topliss-reactive ketones (excluding diaryl/α,β-unsaturated/α-hetero) is 1. The molecule has 0 aromatic heterocycles. The first-order valence-electron chi connectivity index (χ1n) is 8.20. The molecule has 110 valence electrons. The van der Waals surface area contributed by atoms with E-state index in [1.165, 1.54) is 38.5 Å². The summed E-state index contributed by atoms with van der Waals surface area (Å²) < 4.78 is 0. The molecule has 0 radical (unpaired) electrons. The number of carbonyl (C=O) groups excluding carboxylic acids is 1. The zero-order chi connectivity index (χ0) is 14.0. The van der Waals surface area contributed by atoms with Gasteiger partial charge < -0.3 is 5.11 Å². The summed E-state index contributed by atoms with van der Waals surface area (Å²) in [5.74, 6) is 2.68. The van der Waals surface area contributed by atoms with Gasteiger partial charge in [0.05, 0.1) is 0 Å². The van der Waals surface area contributed by atoms with Crippen molar-refractivity contribution in [2.24, 2.45) is 29.1 Å². The zero-order valence-electron chi connectivity index (χ0n) is 12.8. The zero-order valence-corrected chi connectivity index (χ0v) is 12.8. The van der Waals surface area contributed by atoms with Gasteiger partial charge in [-0.15, -0.1) is 0 Å². The van der Waals surface area contributed by atoms with Gasteiger partial charge in [0.15, 0.2) is 5.78 Å². The number of ketones is 1. The second-order valence-electron chi connectivity index (χ2n) is 7.07. The second kappa shape index (κ2) is 5.95. The fourth-order valence-corrected chi connectivity index (χ4v) is 5.08. The molecule has 2 aliphatic carbocycles. The van der Waals surface area contributed by atoms with E-state index in [2.05, 4.69) is 20.8 Å². The van der Waals surface area contributed by atoms with Gasteiger partial charge in [-0.1, -0.05) is 33.6 Å². The van der Waals surface area contributed by atoms with E-state index in [0.29, 0.717) is 5.92 Å². The second-order valence-corrected chi connectivity index (χ2v) is 7.07. The first-order valence-corrected chi connectivity index (χ1v) is 8.20. The molecule has 2 nitrogen and oxygen atoms in total. The molecular formula is C17H30O2. The lowest BCUT2D eigenvalue weighted by molar-refractivity contribution is -0.130. The number of hydrogen-bond donors (Lipinski definition) is 1. The van der Waals surface area contributed by atoms with Crippen LogP contribution in [0.15, 0.2) is 0 Å². The summed E-state index contributed by atoms with van der Waals surface area (Å²) in [7, 11) is 0. The summed E-state index contributed by atoms with van der Waals surface area (Å²) in [4.78, 5) is 12.0. The summed E-state index contributed by atoms with van der Waals surface area (Å²) in [5.41, 5.74) is 0.183. The predicted octanol–water partition coefficient (Wildman–Crippen LogP) is 3.82. The molecule has 0 heterocycles. The minimum atomic E-state index is -0.261. The molecule has 0 aliphatic heterocycles. The minimum absolute atomic E-state index is 0.0889. The summed E-state index contributed by atoms with van der Waals surface area (Å²) in [5, 5.41) is 9.17. The van der Waals surface area contributed by atoms with E-state index < -0.39 is 0 Å². The topological polar surface area (TPSA) is 37.3 Å². The molecule has 0 aromatic rings. The Morgan fingerprint density at radius 2 is 1.95 bits per heavy atom. The third-order valence-corrected chi connectivity index (χ3v) is 6.43. The first kappa shape index (κ1) is 15.0. The molecule has 2 aliphatic rings. The van der Waals surface area contributed by atoms with Crippen molar-refractivity contribution < 1.29 is 9.90 Å². The number of rotatable bonds is 5. The van der Waals surface area contributed by atoms with Crippen molar-refractivity contribution in [3.05, 3.63) is 0 Å². The van der Waals surface area contributed by atoms with Crippen molar-refractivity contribution >= 4 is 5.78 Å². The van der Waals surface area contributed by atoms with E-state index in [9.17, 15) is 4.79 Å². The normalized spacial score (nSPS) is 38.5. The van der Waals surface area contributed by atoms with Crippen molar-refractivity contribution in [3.8, 4) is 0 Å². The van der Waals surface area contributed by atoms with Gasteiger partial charge >= 0.3 is 0 Å². The number of aliphatic hydroxyl groups is 1. The third kappa shape index (κ3) is 2.61. The Morgan fingerprint density at radius 3 is 2.53 bits per heavy atom. The van der Waals surface area contributed by atoms with E-state index in [4.69, 9.17) is 5.11 Å². The van der Waals surface area contributed by atoms with Crippen molar-refractivity contribution in [1.82, 2.24) is 0 Å². The SMILES string of the molecule is CCC(CC)C1CC[C@@]2(C)C(CCC2C(=O)CO)C1. The molecule has 2 rings (SSSR count). The Kier molecular flexibility index (Phi) is 4.70. The van der Waals surface area contributed by atoms with Crippen LogP contribution in [0.3, 0.4) is 0 Å². The van der Waals surface area contributed by atoms with Crippen molar-refractivity contribution in [2.45, 2.75) is 65.7 Å². The van der Waals surface area contributed by atoms with Gasteiger partial charge in [-0.05, 0) is 55.3 Å². The van der Waals surface area contributed by atoms with Gasteiger partial charge in [0.1, 0.15) is 6.61 Å². The van der Waals surface area contributed by atoms with Crippen LogP contribution in [0.25, 0.3) is 0 Å². The van der Waals surface area contributed by atoms with Crippen LogP contribution in [0.2, 0.25) is 0 Å². The van der Waals surface area contributed by atoms with E-state index in [0.717, 1.165) is 18.3 Å². The molecule has 0 spiro atoms. The van der Waals surface area contributed by atoms with Crippen LogP contribution in [-0.2, 0) is 4.79 Å².